The second-order valence-corrected chi connectivity index (χ2v) is 7.93. The molecule has 0 amide bonds. The third-order valence-electron chi connectivity index (χ3n) is 6.05. The Labute approximate surface area is 168 Å². The standard InChI is InChI=1S/C23H32N2O3/c1-17-8-6-9-18(2)25(17)15-7-13-23(27,22-10-4-5-14-24-22)20-12-11-19(26)16-21(20)28-3/h4-5,10-12,14,16-18,26-27H,6-9,13,15H2,1-3H3/t17-,18+,23-/m0/s1. The fraction of sp³-hybridized carbons (Fsp3) is 0.522. The number of aromatic nitrogens is 1. The molecule has 1 saturated heterocycles. The maximum Gasteiger partial charge on any atom is 0.135 e. The fourth-order valence-corrected chi connectivity index (χ4v) is 4.46. The second-order valence-electron chi connectivity index (χ2n) is 7.93. The maximum atomic E-state index is 11.8. The lowest BCUT2D eigenvalue weighted by molar-refractivity contribution is 0.0470. The quantitative estimate of drug-likeness (QED) is 0.753. The highest BCUT2D eigenvalue weighted by atomic mass is 16.5. The van der Waals surface area contributed by atoms with E-state index < -0.39 is 5.60 Å². The molecule has 0 aliphatic carbocycles. The summed E-state index contributed by atoms with van der Waals surface area (Å²) in [6.07, 6.45) is 6.83. The summed E-state index contributed by atoms with van der Waals surface area (Å²) in [6, 6.07) is 11.6. The summed E-state index contributed by atoms with van der Waals surface area (Å²) in [5.74, 6) is 0.577. The summed E-state index contributed by atoms with van der Waals surface area (Å²) in [6.45, 7) is 5.53. The Hall–Kier alpha value is -2.11. The molecule has 3 atom stereocenters. The molecule has 5 heteroatoms. The minimum Gasteiger partial charge on any atom is -0.508 e. The summed E-state index contributed by atoms with van der Waals surface area (Å²) in [7, 11) is 1.55. The van der Waals surface area contributed by atoms with E-state index in [1.165, 1.54) is 25.3 Å². The predicted octanol–water partition coefficient (Wildman–Crippen LogP) is 4.07. The van der Waals surface area contributed by atoms with E-state index in [4.69, 9.17) is 4.74 Å². The van der Waals surface area contributed by atoms with Crippen LogP contribution in [0.25, 0.3) is 0 Å². The van der Waals surface area contributed by atoms with Crippen LogP contribution in [-0.2, 0) is 5.60 Å². The molecule has 0 spiro atoms. The molecule has 152 valence electrons. The topological polar surface area (TPSA) is 65.8 Å². The lowest BCUT2D eigenvalue weighted by Gasteiger charge is -2.39. The van der Waals surface area contributed by atoms with Gasteiger partial charge in [0.05, 0.1) is 12.8 Å². The van der Waals surface area contributed by atoms with Crippen LogP contribution in [0.2, 0.25) is 0 Å². The molecule has 3 rings (SSSR count). The van der Waals surface area contributed by atoms with Crippen molar-refractivity contribution in [2.75, 3.05) is 13.7 Å². The molecule has 0 unspecified atom stereocenters. The first-order chi connectivity index (χ1) is 13.5. The molecule has 1 aromatic carbocycles. The normalized spacial score (nSPS) is 22.6. The highest BCUT2D eigenvalue weighted by Crippen LogP contribution is 2.40. The van der Waals surface area contributed by atoms with Gasteiger partial charge in [-0.3, -0.25) is 9.88 Å². The number of methoxy groups -OCH3 is 1. The van der Waals surface area contributed by atoms with Crippen molar-refractivity contribution in [2.45, 2.75) is 63.6 Å². The van der Waals surface area contributed by atoms with Gasteiger partial charge in [-0.05, 0) is 70.3 Å². The number of rotatable bonds is 7. The monoisotopic (exact) mass is 384 g/mol. The third-order valence-corrected chi connectivity index (χ3v) is 6.05. The van der Waals surface area contributed by atoms with Gasteiger partial charge in [-0.2, -0.15) is 0 Å². The Balaban J connectivity index is 1.86. The molecule has 5 nitrogen and oxygen atoms in total. The summed E-state index contributed by atoms with van der Waals surface area (Å²) >= 11 is 0. The summed E-state index contributed by atoms with van der Waals surface area (Å²) in [5, 5.41) is 21.6. The molecular weight excluding hydrogens is 352 g/mol. The number of hydrogen-bond acceptors (Lipinski definition) is 5. The molecule has 2 aromatic rings. The van der Waals surface area contributed by atoms with Crippen molar-refractivity contribution in [2.24, 2.45) is 0 Å². The van der Waals surface area contributed by atoms with Gasteiger partial charge in [0.25, 0.3) is 0 Å². The van der Waals surface area contributed by atoms with E-state index in [0.29, 0.717) is 35.5 Å². The Morgan fingerprint density at radius 1 is 1.18 bits per heavy atom. The highest BCUT2D eigenvalue weighted by Gasteiger charge is 2.36. The van der Waals surface area contributed by atoms with E-state index in [0.717, 1.165) is 13.0 Å². The van der Waals surface area contributed by atoms with Crippen molar-refractivity contribution in [1.29, 1.82) is 0 Å². The number of pyridine rings is 1. The summed E-state index contributed by atoms with van der Waals surface area (Å²) in [5.41, 5.74) is -0.0484. The van der Waals surface area contributed by atoms with Crippen molar-refractivity contribution in [3.05, 3.63) is 53.9 Å². The SMILES string of the molecule is COc1cc(O)ccc1[C@@](O)(CCCN1[C@H](C)CCC[C@@H]1C)c1ccccn1. The van der Waals surface area contributed by atoms with E-state index in [1.54, 1.807) is 25.4 Å². The average Bonchev–Trinajstić information content (AvgIpc) is 2.70. The summed E-state index contributed by atoms with van der Waals surface area (Å²) in [4.78, 5) is 6.99. The van der Waals surface area contributed by atoms with Crippen LogP contribution in [0.1, 0.15) is 57.2 Å². The molecule has 0 bridgehead atoms. The van der Waals surface area contributed by atoms with Gasteiger partial charge in [-0.1, -0.05) is 12.5 Å². The molecule has 1 aliphatic rings. The molecule has 2 N–H and O–H groups in total. The smallest absolute Gasteiger partial charge is 0.135 e. The zero-order chi connectivity index (χ0) is 20.1. The van der Waals surface area contributed by atoms with Gasteiger partial charge in [-0.25, -0.2) is 0 Å². The van der Waals surface area contributed by atoms with Gasteiger partial charge in [0.2, 0.25) is 0 Å². The number of benzene rings is 1. The molecule has 0 saturated carbocycles. The first kappa shape index (κ1) is 20.6. The zero-order valence-corrected chi connectivity index (χ0v) is 17.1. The van der Waals surface area contributed by atoms with Crippen LogP contribution in [0.15, 0.2) is 42.6 Å². The molecule has 2 heterocycles. The zero-order valence-electron chi connectivity index (χ0n) is 17.1. The predicted molar refractivity (Wildman–Crippen MR) is 111 cm³/mol. The maximum absolute atomic E-state index is 11.8. The number of piperidine rings is 1. The first-order valence-electron chi connectivity index (χ1n) is 10.2. The van der Waals surface area contributed by atoms with Crippen LogP contribution in [-0.4, -0.2) is 45.8 Å². The Morgan fingerprint density at radius 3 is 2.57 bits per heavy atom. The van der Waals surface area contributed by atoms with Crippen molar-refractivity contribution < 1.29 is 14.9 Å². The third kappa shape index (κ3) is 4.31. The van der Waals surface area contributed by atoms with Crippen molar-refractivity contribution in [3.63, 3.8) is 0 Å². The van der Waals surface area contributed by atoms with Crippen LogP contribution in [0.3, 0.4) is 0 Å². The van der Waals surface area contributed by atoms with E-state index >= 15 is 0 Å². The van der Waals surface area contributed by atoms with Crippen LogP contribution >= 0.6 is 0 Å². The Kier molecular flexibility index (Phi) is 6.57. The van der Waals surface area contributed by atoms with Gasteiger partial charge in [-0.15, -0.1) is 0 Å². The van der Waals surface area contributed by atoms with Gasteiger partial charge >= 0.3 is 0 Å². The Bertz CT molecular complexity index is 758. The van der Waals surface area contributed by atoms with E-state index in [9.17, 15) is 10.2 Å². The molecule has 1 aliphatic heterocycles. The number of aromatic hydroxyl groups is 1. The van der Waals surface area contributed by atoms with E-state index in [-0.39, 0.29) is 5.75 Å². The number of nitrogens with zero attached hydrogens (tertiary/aromatic N) is 2. The highest BCUT2D eigenvalue weighted by molar-refractivity contribution is 5.46. The number of hydrogen-bond donors (Lipinski definition) is 2. The second kappa shape index (κ2) is 8.93. The van der Waals surface area contributed by atoms with Crippen LogP contribution < -0.4 is 4.74 Å². The van der Waals surface area contributed by atoms with Crippen LogP contribution in [0.5, 0.6) is 11.5 Å². The number of phenolic OH excluding ortho intramolecular Hbond substituents is 1. The lowest BCUT2D eigenvalue weighted by atomic mass is 9.84. The number of phenols is 1. The van der Waals surface area contributed by atoms with Crippen LogP contribution in [0, 0.1) is 0 Å². The minimum atomic E-state index is -1.28. The average molecular weight is 385 g/mol. The molecule has 1 aromatic heterocycles. The first-order valence-corrected chi connectivity index (χ1v) is 10.2. The van der Waals surface area contributed by atoms with E-state index in [1.807, 2.05) is 18.2 Å². The minimum absolute atomic E-state index is 0.111. The number of likely N-dealkylation sites (tertiary alicyclic amines) is 1. The molecule has 1 fully saturated rings. The number of aliphatic hydroxyl groups is 1. The van der Waals surface area contributed by atoms with Crippen molar-refractivity contribution in [1.82, 2.24) is 9.88 Å². The Morgan fingerprint density at radius 2 is 1.93 bits per heavy atom. The van der Waals surface area contributed by atoms with Gasteiger partial charge in [0.15, 0.2) is 0 Å². The van der Waals surface area contributed by atoms with Gasteiger partial charge in [0.1, 0.15) is 17.1 Å². The van der Waals surface area contributed by atoms with Crippen LogP contribution in [0.4, 0.5) is 0 Å². The molecule has 0 radical (unpaired) electrons. The molecule has 28 heavy (non-hydrogen) atoms. The van der Waals surface area contributed by atoms with Crippen molar-refractivity contribution >= 4 is 0 Å². The number of ether oxygens (including phenoxy) is 1. The van der Waals surface area contributed by atoms with Gasteiger partial charge in [0, 0.05) is 29.9 Å². The van der Waals surface area contributed by atoms with Gasteiger partial charge < -0.3 is 14.9 Å². The van der Waals surface area contributed by atoms with Crippen molar-refractivity contribution in [3.8, 4) is 11.5 Å². The lowest BCUT2D eigenvalue weighted by Crippen LogP contribution is -2.44. The fourth-order valence-electron chi connectivity index (χ4n) is 4.46. The summed E-state index contributed by atoms with van der Waals surface area (Å²) < 4.78 is 5.47. The van der Waals surface area contributed by atoms with E-state index in [2.05, 4.69) is 23.7 Å². The molecular formula is C23H32N2O3. The largest absolute Gasteiger partial charge is 0.508 e.